The minimum absolute atomic E-state index is 0.739. The van der Waals surface area contributed by atoms with Crippen molar-refractivity contribution in [3.05, 3.63) is 153 Å². The zero-order chi connectivity index (χ0) is 33.2. The molecule has 0 fully saturated rings. The van der Waals surface area contributed by atoms with E-state index in [4.69, 9.17) is 0 Å². The number of hydrogen-bond donors (Lipinski definition) is 0. The Bertz CT molecular complexity index is 2040. The van der Waals surface area contributed by atoms with E-state index in [0.29, 0.717) is 0 Å². The number of halogens is 6. The van der Waals surface area contributed by atoms with Crippen molar-refractivity contribution in [1.29, 1.82) is 10.5 Å². The molecule has 47 heavy (non-hydrogen) atoms. The Morgan fingerprint density at radius 1 is 0.362 bits per heavy atom. The van der Waals surface area contributed by atoms with Crippen molar-refractivity contribution in [3.63, 3.8) is 0 Å². The summed E-state index contributed by atoms with van der Waals surface area (Å²) in [6, 6.07) is 43.8. The highest BCUT2D eigenvalue weighted by atomic mass is 127. The van der Waals surface area contributed by atoms with Crippen molar-refractivity contribution in [2.45, 2.75) is 6.42 Å². The number of nitrogens with zero attached hydrogens (tertiary/aromatic N) is 2. The summed E-state index contributed by atoms with van der Waals surface area (Å²) in [7, 11) is 0. The van der Waals surface area contributed by atoms with Crippen molar-refractivity contribution in [2.24, 2.45) is 0 Å². The van der Waals surface area contributed by atoms with E-state index in [1.807, 2.05) is 0 Å². The fourth-order valence-electron chi connectivity index (χ4n) is 5.42. The van der Waals surface area contributed by atoms with Crippen LogP contribution in [0.4, 0.5) is 0 Å². The normalized spacial score (nSPS) is 10.8. The zero-order valence-electron chi connectivity index (χ0n) is 24.3. The Morgan fingerprint density at radius 2 is 0.681 bits per heavy atom. The van der Waals surface area contributed by atoms with Crippen LogP contribution in [-0.2, 0) is 6.42 Å². The van der Waals surface area contributed by atoms with Gasteiger partial charge in [0.05, 0.1) is 11.1 Å². The van der Waals surface area contributed by atoms with Gasteiger partial charge >= 0.3 is 0 Å². The molecule has 0 aliphatic heterocycles. The third-order valence-corrected chi connectivity index (χ3v) is 13.0. The van der Waals surface area contributed by atoms with Crippen LogP contribution in [0.25, 0.3) is 44.5 Å². The summed E-state index contributed by atoms with van der Waals surface area (Å²) < 4.78 is 6.37. The predicted molar refractivity (Wildman–Crippen MR) is 243 cm³/mol. The first-order valence-electron chi connectivity index (χ1n) is 14.2. The van der Waals surface area contributed by atoms with Gasteiger partial charge < -0.3 is 0 Å². The lowest BCUT2D eigenvalue weighted by molar-refractivity contribution is 1.19. The van der Waals surface area contributed by atoms with E-state index in [0.717, 1.165) is 54.1 Å². The van der Waals surface area contributed by atoms with Crippen molar-refractivity contribution < 1.29 is 0 Å². The topological polar surface area (TPSA) is 47.6 Å². The van der Waals surface area contributed by atoms with Gasteiger partial charge in [0.25, 0.3) is 0 Å². The highest BCUT2D eigenvalue weighted by molar-refractivity contribution is 14.1. The Labute approximate surface area is 356 Å². The maximum Gasteiger partial charge on any atom is 0.101 e. The van der Waals surface area contributed by atoms with Crippen LogP contribution in [0.1, 0.15) is 22.3 Å². The molecule has 8 heteroatoms. The van der Waals surface area contributed by atoms with Crippen LogP contribution in [0.2, 0.25) is 0 Å². The van der Waals surface area contributed by atoms with Crippen LogP contribution < -0.4 is 0 Å². The molecule has 0 spiro atoms. The SMILES string of the molecule is N#Cc1c(I)cc(-c2ccc(-c3ccc(Cc4ccc(-c5ccc(-c6cc(I)c(C#N)c(I)c6)cc5)c(I)c4)cc3I)cc2)cc1I. The van der Waals surface area contributed by atoms with Gasteiger partial charge in [-0.2, -0.15) is 10.5 Å². The molecular formula is C39H20I6N2. The molecule has 0 saturated carbocycles. The summed E-state index contributed by atoms with van der Waals surface area (Å²) in [6.07, 6.45) is 0.871. The predicted octanol–water partition coefficient (Wildman–Crippen LogP) is 13.3. The number of benzene rings is 6. The minimum Gasteiger partial charge on any atom is -0.192 e. The van der Waals surface area contributed by atoms with E-state index in [9.17, 15) is 10.5 Å². The van der Waals surface area contributed by atoms with Gasteiger partial charge in [-0.05, 0) is 234 Å². The molecule has 0 atom stereocenters. The maximum atomic E-state index is 9.41. The number of hydrogen-bond acceptors (Lipinski definition) is 2. The molecule has 0 aliphatic carbocycles. The Hall–Kier alpha value is -1.32. The molecule has 6 aromatic rings. The molecular weight excluding hydrogens is 1260 g/mol. The maximum absolute atomic E-state index is 9.41. The summed E-state index contributed by atoms with van der Waals surface area (Å²) in [6.45, 7) is 0. The average Bonchev–Trinajstić information content (AvgIpc) is 3.05. The largest absolute Gasteiger partial charge is 0.192 e. The van der Waals surface area contributed by atoms with Crippen molar-refractivity contribution in [2.75, 3.05) is 0 Å². The van der Waals surface area contributed by atoms with E-state index >= 15 is 0 Å². The van der Waals surface area contributed by atoms with Gasteiger partial charge in [-0.3, -0.25) is 0 Å². The van der Waals surface area contributed by atoms with Gasteiger partial charge in [0.2, 0.25) is 0 Å². The van der Waals surface area contributed by atoms with E-state index in [1.54, 1.807) is 0 Å². The number of nitriles is 2. The zero-order valence-corrected chi connectivity index (χ0v) is 37.2. The molecule has 0 heterocycles. The van der Waals surface area contributed by atoms with Gasteiger partial charge in [0.1, 0.15) is 12.1 Å². The van der Waals surface area contributed by atoms with Crippen molar-refractivity contribution >= 4 is 136 Å². The van der Waals surface area contributed by atoms with Gasteiger partial charge in [-0.25, -0.2) is 0 Å². The van der Waals surface area contributed by atoms with Crippen LogP contribution >= 0.6 is 136 Å². The standard InChI is InChI=1S/C39H20I6N2/c40-34-14-22(1-11-30(34)26-7-3-24(4-8-26)28-16-36(42)32(20-46)37(43)17-28)13-23-2-12-31(35(41)15-23)27-9-5-25(6-10-27)29-18-38(44)33(21-47)39(45)19-29/h1-12,14-19H,13H2. The second-order valence-electron chi connectivity index (χ2n) is 10.8. The summed E-state index contributed by atoms with van der Waals surface area (Å²) in [5, 5.41) is 18.8. The third-order valence-electron chi connectivity index (χ3n) is 7.84. The molecule has 0 aromatic heterocycles. The van der Waals surface area contributed by atoms with Crippen LogP contribution in [0, 0.1) is 44.1 Å². The molecule has 0 unspecified atom stereocenters. The molecule has 0 N–H and O–H groups in total. The Morgan fingerprint density at radius 3 is 0.979 bits per heavy atom. The smallest absolute Gasteiger partial charge is 0.101 e. The van der Waals surface area contributed by atoms with Gasteiger partial charge in [-0.15, -0.1) is 0 Å². The first kappa shape index (κ1) is 35.5. The molecule has 0 saturated heterocycles. The highest BCUT2D eigenvalue weighted by Gasteiger charge is 2.12. The number of rotatable bonds is 6. The van der Waals surface area contributed by atoms with Gasteiger partial charge in [-0.1, -0.05) is 72.8 Å². The summed E-state index contributed by atoms with van der Waals surface area (Å²) in [4.78, 5) is 0. The van der Waals surface area contributed by atoms with E-state index in [1.165, 1.54) is 40.5 Å². The van der Waals surface area contributed by atoms with Gasteiger partial charge in [0, 0.05) is 21.4 Å². The molecule has 0 radical (unpaired) electrons. The van der Waals surface area contributed by atoms with Crippen LogP contribution in [0.3, 0.4) is 0 Å². The van der Waals surface area contributed by atoms with Crippen LogP contribution in [0.15, 0.2) is 109 Å². The monoisotopic (exact) mass is 1280 g/mol. The second-order valence-corrected chi connectivity index (χ2v) is 17.8. The summed E-state index contributed by atoms with van der Waals surface area (Å²) >= 11 is 13.9. The van der Waals surface area contributed by atoms with Crippen molar-refractivity contribution in [3.8, 4) is 56.6 Å². The quantitative estimate of drug-likeness (QED) is 0.156. The Kier molecular flexibility index (Phi) is 11.9. The third kappa shape index (κ3) is 8.03. The lowest BCUT2D eigenvalue weighted by Gasteiger charge is -2.12. The van der Waals surface area contributed by atoms with E-state index < -0.39 is 0 Å². The average molecular weight is 1280 g/mol. The minimum atomic E-state index is 0.739. The first-order valence-corrected chi connectivity index (χ1v) is 20.7. The summed E-state index contributed by atoms with van der Waals surface area (Å²) in [5.41, 5.74) is 13.4. The Balaban J connectivity index is 1.16. The van der Waals surface area contributed by atoms with Crippen LogP contribution in [-0.4, -0.2) is 0 Å². The van der Waals surface area contributed by atoms with E-state index in [-0.39, 0.29) is 0 Å². The molecule has 6 aromatic carbocycles. The molecule has 228 valence electrons. The molecule has 0 amide bonds. The van der Waals surface area contributed by atoms with Gasteiger partial charge in [0.15, 0.2) is 0 Å². The highest BCUT2D eigenvalue weighted by Crippen LogP contribution is 2.34. The lowest BCUT2D eigenvalue weighted by Crippen LogP contribution is -1.93. The lowest BCUT2D eigenvalue weighted by atomic mass is 9.96. The fourth-order valence-corrected chi connectivity index (χ4v) is 11.2. The van der Waals surface area contributed by atoms with E-state index in [2.05, 4.69) is 257 Å². The molecule has 0 bridgehead atoms. The van der Waals surface area contributed by atoms with Crippen LogP contribution in [0.5, 0.6) is 0 Å². The molecule has 6 rings (SSSR count). The fraction of sp³-hybridized carbons (Fsp3) is 0.0256. The summed E-state index contributed by atoms with van der Waals surface area (Å²) in [5.74, 6) is 0. The first-order chi connectivity index (χ1) is 22.6. The van der Waals surface area contributed by atoms with Crippen molar-refractivity contribution in [1.82, 2.24) is 0 Å². The molecule has 0 aliphatic rings. The second kappa shape index (κ2) is 15.7. The molecule has 2 nitrogen and oxygen atoms in total.